The number of hydrogen-bond donors (Lipinski definition) is 1. The molecular weight excluding hydrogens is 264 g/mol. The lowest BCUT2D eigenvalue weighted by molar-refractivity contribution is 0.430. The average Bonchev–Trinajstić information content (AvgIpc) is 2.45. The first-order valence-electron chi connectivity index (χ1n) is 7.95. The summed E-state index contributed by atoms with van der Waals surface area (Å²) in [5.41, 5.74) is 0.835. The molecule has 5 heteroatoms. The van der Waals surface area contributed by atoms with Crippen LogP contribution in [0.2, 0.25) is 0 Å². The maximum absolute atomic E-state index is 12.0. The van der Waals surface area contributed by atoms with Crippen LogP contribution in [-0.4, -0.2) is 36.0 Å². The summed E-state index contributed by atoms with van der Waals surface area (Å²) in [6.45, 7) is 11.0. The highest BCUT2D eigenvalue weighted by Crippen LogP contribution is 2.07. The van der Waals surface area contributed by atoms with Crippen molar-refractivity contribution in [1.29, 1.82) is 0 Å². The highest BCUT2D eigenvalue weighted by Gasteiger charge is 2.05. The van der Waals surface area contributed by atoms with E-state index < -0.39 is 0 Å². The van der Waals surface area contributed by atoms with Crippen LogP contribution in [0.15, 0.2) is 17.1 Å². The summed E-state index contributed by atoms with van der Waals surface area (Å²) in [5.74, 6) is 0.738. The Hall–Kier alpha value is -1.36. The fourth-order valence-electron chi connectivity index (χ4n) is 2.09. The Morgan fingerprint density at radius 1 is 1.33 bits per heavy atom. The molecule has 0 saturated carbocycles. The Labute approximate surface area is 128 Å². The minimum absolute atomic E-state index is 0.0376. The molecule has 0 bridgehead atoms. The molecule has 0 spiro atoms. The predicted octanol–water partition coefficient (Wildman–Crippen LogP) is 2.11. The summed E-state index contributed by atoms with van der Waals surface area (Å²) in [6.07, 6.45) is 4.15. The molecule has 5 nitrogen and oxygen atoms in total. The van der Waals surface area contributed by atoms with E-state index >= 15 is 0 Å². The summed E-state index contributed by atoms with van der Waals surface area (Å²) in [5, 5.41) is 7.69. The van der Waals surface area contributed by atoms with Crippen molar-refractivity contribution < 1.29 is 0 Å². The third-order valence-electron chi connectivity index (χ3n) is 3.76. The maximum Gasteiger partial charge on any atom is 0.268 e. The van der Waals surface area contributed by atoms with Crippen molar-refractivity contribution in [2.45, 2.75) is 53.1 Å². The fraction of sp³-hybridized carbons (Fsp3) is 0.750. The first-order valence-corrected chi connectivity index (χ1v) is 7.95. The molecule has 1 unspecified atom stereocenters. The van der Waals surface area contributed by atoms with Crippen LogP contribution in [0.1, 0.15) is 40.5 Å². The van der Waals surface area contributed by atoms with Crippen LogP contribution in [0.5, 0.6) is 0 Å². The second-order valence-electron chi connectivity index (χ2n) is 6.12. The Bertz CT molecular complexity index is 470. The van der Waals surface area contributed by atoms with Gasteiger partial charge in [-0.15, -0.1) is 0 Å². The molecular formula is C16H30N4O. The topological polar surface area (TPSA) is 50.2 Å². The molecule has 1 aromatic heterocycles. The standard InChI is InChI=1S/C16H30N4O/c1-6-19(5)15-11-16(21)20(18-12-15)10-9-17-14(4)8-7-13(2)3/h11-14,17H,6-10H2,1-5H3. The van der Waals surface area contributed by atoms with Gasteiger partial charge in [-0.2, -0.15) is 5.10 Å². The van der Waals surface area contributed by atoms with Gasteiger partial charge in [0, 0.05) is 32.2 Å². The second kappa shape index (κ2) is 8.82. The van der Waals surface area contributed by atoms with Gasteiger partial charge >= 0.3 is 0 Å². The van der Waals surface area contributed by atoms with E-state index in [1.807, 2.05) is 18.9 Å². The SMILES string of the molecule is CCN(C)c1cnn(CCNC(C)CCC(C)C)c(=O)c1. The van der Waals surface area contributed by atoms with E-state index in [9.17, 15) is 4.79 Å². The average molecular weight is 294 g/mol. The third-order valence-corrected chi connectivity index (χ3v) is 3.76. The van der Waals surface area contributed by atoms with Gasteiger partial charge in [0.05, 0.1) is 18.4 Å². The fourth-order valence-corrected chi connectivity index (χ4v) is 2.09. The molecule has 0 aliphatic carbocycles. The normalized spacial score (nSPS) is 12.7. The molecule has 120 valence electrons. The van der Waals surface area contributed by atoms with Gasteiger partial charge in [0.15, 0.2) is 0 Å². The van der Waals surface area contributed by atoms with Crippen molar-refractivity contribution >= 4 is 5.69 Å². The van der Waals surface area contributed by atoms with Crippen LogP contribution >= 0.6 is 0 Å². The molecule has 0 aliphatic heterocycles. The van der Waals surface area contributed by atoms with Crippen LogP contribution in [0, 0.1) is 5.92 Å². The first-order chi connectivity index (χ1) is 9.93. The van der Waals surface area contributed by atoms with Crippen molar-refractivity contribution in [2.24, 2.45) is 5.92 Å². The highest BCUT2D eigenvalue weighted by atomic mass is 16.1. The molecule has 0 saturated heterocycles. The minimum Gasteiger partial charge on any atom is -0.373 e. The molecule has 0 amide bonds. The molecule has 0 aromatic carbocycles. The molecule has 1 N–H and O–H groups in total. The van der Waals surface area contributed by atoms with Crippen molar-refractivity contribution in [3.05, 3.63) is 22.6 Å². The summed E-state index contributed by atoms with van der Waals surface area (Å²) < 4.78 is 1.52. The molecule has 1 heterocycles. The second-order valence-corrected chi connectivity index (χ2v) is 6.12. The maximum atomic E-state index is 12.0. The third kappa shape index (κ3) is 6.29. The van der Waals surface area contributed by atoms with Crippen molar-refractivity contribution in [2.75, 3.05) is 25.0 Å². The van der Waals surface area contributed by atoms with Gasteiger partial charge in [-0.3, -0.25) is 4.79 Å². The summed E-state index contributed by atoms with van der Waals surface area (Å²) in [7, 11) is 1.96. The first kappa shape index (κ1) is 17.7. The molecule has 1 atom stereocenters. The van der Waals surface area contributed by atoms with Gasteiger partial charge in [0.1, 0.15) is 0 Å². The van der Waals surface area contributed by atoms with Crippen LogP contribution in [0.25, 0.3) is 0 Å². The molecule has 1 aromatic rings. The van der Waals surface area contributed by atoms with Gasteiger partial charge in [-0.1, -0.05) is 13.8 Å². The van der Waals surface area contributed by atoms with E-state index in [4.69, 9.17) is 0 Å². The van der Waals surface area contributed by atoms with Gasteiger partial charge in [-0.05, 0) is 32.6 Å². The van der Waals surface area contributed by atoms with Crippen LogP contribution in [-0.2, 0) is 6.54 Å². The summed E-state index contributed by atoms with van der Waals surface area (Å²) in [4.78, 5) is 14.0. The van der Waals surface area contributed by atoms with Gasteiger partial charge in [0.2, 0.25) is 0 Å². The van der Waals surface area contributed by atoms with Gasteiger partial charge < -0.3 is 10.2 Å². The van der Waals surface area contributed by atoms with Crippen molar-refractivity contribution in [3.63, 3.8) is 0 Å². The van der Waals surface area contributed by atoms with E-state index in [2.05, 4.69) is 31.2 Å². The molecule has 0 aliphatic rings. The van der Waals surface area contributed by atoms with E-state index in [1.165, 1.54) is 17.5 Å². The smallest absolute Gasteiger partial charge is 0.268 e. The summed E-state index contributed by atoms with van der Waals surface area (Å²) >= 11 is 0. The van der Waals surface area contributed by atoms with E-state index in [0.717, 1.165) is 24.7 Å². The Balaban J connectivity index is 2.44. The van der Waals surface area contributed by atoms with Gasteiger partial charge in [-0.25, -0.2) is 4.68 Å². The number of nitrogens with one attached hydrogen (secondary N) is 1. The minimum atomic E-state index is -0.0376. The number of rotatable bonds is 9. The Morgan fingerprint density at radius 2 is 2.05 bits per heavy atom. The Kier molecular flexibility index (Phi) is 7.43. The quantitative estimate of drug-likeness (QED) is 0.758. The zero-order chi connectivity index (χ0) is 15.8. The molecule has 0 fully saturated rings. The van der Waals surface area contributed by atoms with Gasteiger partial charge in [0.25, 0.3) is 5.56 Å². The van der Waals surface area contributed by atoms with Crippen molar-refractivity contribution in [1.82, 2.24) is 15.1 Å². The molecule has 0 radical (unpaired) electrons. The summed E-state index contributed by atoms with van der Waals surface area (Å²) in [6, 6.07) is 2.13. The van der Waals surface area contributed by atoms with Crippen LogP contribution in [0.3, 0.4) is 0 Å². The van der Waals surface area contributed by atoms with E-state index in [0.29, 0.717) is 12.6 Å². The van der Waals surface area contributed by atoms with Crippen molar-refractivity contribution in [3.8, 4) is 0 Å². The van der Waals surface area contributed by atoms with E-state index in [1.54, 1.807) is 12.3 Å². The molecule has 21 heavy (non-hydrogen) atoms. The highest BCUT2D eigenvalue weighted by molar-refractivity contribution is 5.41. The van der Waals surface area contributed by atoms with Crippen LogP contribution in [0.4, 0.5) is 5.69 Å². The zero-order valence-electron chi connectivity index (χ0n) is 14.1. The van der Waals surface area contributed by atoms with Crippen LogP contribution < -0.4 is 15.8 Å². The largest absolute Gasteiger partial charge is 0.373 e. The lowest BCUT2D eigenvalue weighted by Gasteiger charge is -2.17. The molecule has 1 rings (SSSR count). The van der Waals surface area contributed by atoms with E-state index in [-0.39, 0.29) is 5.56 Å². The number of nitrogens with zero attached hydrogens (tertiary/aromatic N) is 3. The predicted molar refractivity (Wildman–Crippen MR) is 89.0 cm³/mol. The Morgan fingerprint density at radius 3 is 2.62 bits per heavy atom. The number of aromatic nitrogens is 2. The zero-order valence-corrected chi connectivity index (χ0v) is 14.1. The monoisotopic (exact) mass is 294 g/mol. The number of anilines is 1. The number of hydrogen-bond acceptors (Lipinski definition) is 4. The lowest BCUT2D eigenvalue weighted by Crippen LogP contribution is -2.33. The lowest BCUT2D eigenvalue weighted by atomic mass is 10.0.